The summed E-state index contributed by atoms with van der Waals surface area (Å²) in [5, 5.41) is 3.19. The second-order valence-corrected chi connectivity index (χ2v) is 9.47. The summed E-state index contributed by atoms with van der Waals surface area (Å²) in [5.41, 5.74) is 0. The normalized spacial score (nSPS) is 20.7. The van der Waals surface area contributed by atoms with Gasteiger partial charge in [-0.15, -0.1) is 0 Å². The van der Waals surface area contributed by atoms with Crippen LogP contribution in [0.25, 0.3) is 0 Å². The Hall–Kier alpha value is -1.51. The molecule has 0 spiro atoms. The molecular weight excluding hydrogens is 364 g/mol. The number of aromatic nitrogens is 1. The molecule has 2 fully saturated rings. The average molecular weight is 395 g/mol. The monoisotopic (exact) mass is 394 g/mol. The van der Waals surface area contributed by atoms with Crippen LogP contribution in [0.15, 0.2) is 29.4 Å². The molecule has 0 radical (unpaired) electrons. The van der Waals surface area contributed by atoms with Crippen LogP contribution in [0.2, 0.25) is 0 Å². The molecule has 1 aromatic rings. The molecule has 1 amide bonds. The molecular formula is C19H30N4O3S. The molecule has 8 heteroatoms. The number of piperidine rings is 2. The molecule has 0 bridgehead atoms. The fourth-order valence-corrected chi connectivity index (χ4v) is 5.47. The maximum Gasteiger partial charge on any atom is 0.244 e. The quantitative estimate of drug-likeness (QED) is 0.787. The Kier molecular flexibility index (Phi) is 6.83. The lowest BCUT2D eigenvalue weighted by Gasteiger charge is -2.37. The number of hydrogen-bond donors (Lipinski definition) is 1. The Morgan fingerprint density at radius 1 is 1.19 bits per heavy atom. The topological polar surface area (TPSA) is 82.6 Å². The molecule has 2 aliphatic heterocycles. The van der Waals surface area contributed by atoms with Crippen molar-refractivity contribution in [2.45, 2.75) is 37.0 Å². The number of carbonyl (C=O) groups is 1. The van der Waals surface area contributed by atoms with Gasteiger partial charge in [-0.3, -0.25) is 9.78 Å². The molecule has 0 aliphatic carbocycles. The van der Waals surface area contributed by atoms with Crippen LogP contribution in [0.3, 0.4) is 0 Å². The fourth-order valence-electron chi connectivity index (χ4n) is 4.04. The summed E-state index contributed by atoms with van der Waals surface area (Å²) in [5.74, 6) is 0.854. The van der Waals surface area contributed by atoms with Gasteiger partial charge in [0.25, 0.3) is 0 Å². The first-order valence-corrected chi connectivity index (χ1v) is 11.3. The molecule has 3 rings (SSSR count). The highest BCUT2D eigenvalue weighted by molar-refractivity contribution is 7.89. The van der Waals surface area contributed by atoms with Crippen molar-refractivity contribution in [2.75, 3.05) is 39.8 Å². The number of likely N-dealkylation sites (tertiary alicyclic amines) is 1. The molecule has 7 nitrogen and oxygen atoms in total. The van der Waals surface area contributed by atoms with E-state index in [-0.39, 0.29) is 16.7 Å². The number of carbonyl (C=O) groups excluding carboxylic acids is 1. The van der Waals surface area contributed by atoms with Crippen molar-refractivity contribution >= 4 is 15.9 Å². The van der Waals surface area contributed by atoms with Crippen LogP contribution in [0.1, 0.15) is 32.1 Å². The van der Waals surface area contributed by atoms with Gasteiger partial charge < -0.3 is 10.2 Å². The van der Waals surface area contributed by atoms with Crippen molar-refractivity contribution in [3.8, 4) is 0 Å². The minimum absolute atomic E-state index is 0.0563. The van der Waals surface area contributed by atoms with Gasteiger partial charge in [0.15, 0.2) is 0 Å². The Balaban J connectivity index is 1.50. The maximum absolute atomic E-state index is 12.8. The molecule has 0 atom stereocenters. The van der Waals surface area contributed by atoms with Crippen molar-refractivity contribution in [1.29, 1.82) is 0 Å². The van der Waals surface area contributed by atoms with Crippen LogP contribution < -0.4 is 5.32 Å². The summed E-state index contributed by atoms with van der Waals surface area (Å²) < 4.78 is 26.8. The molecule has 150 valence electrons. The van der Waals surface area contributed by atoms with E-state index in [0.29, 0.717) is 31.8 Å². The van der Waals surface area contributed by atoms with E-state index >= 15 is 0 Å². The molecule has 0 aromatic carbocycles. The van der Waals surface area contributed by atoms with Crippen molar-refractivity contribution < 1.29 is 13.2 Å². The third-order valence-corrected chi connectivity index (χ3v) is 7.69. The van der Waals surface area contributed by atoms with Gasteiger partial charge in [-0.05, 0) is 63.7 Å². The van der Waals surface area contributed by atoms with Gasteiger partial charge in [-0.1, -0.05) is 0 Å². The van der Waals surface area contributed by atoms with E-state index in [1.807, 2.05) is 11.9 Å². The van der Waals surface area contributed by atoms with E-state index in [2.05, 4.69) is 10.3 Å². The van der Waals surface area contributed by atoms with Gasteiger partial charge >= 0.3 is 0 Å². The number of hydrogen-bond acceptors (Lipinski definition) is 5. The minimum atomic E-state index is -3.51. The van der Waals surface area contributed by atoms with Crippen LogP contribution >= 0.6 is 0 Å². The lowest BCUT2D eigenvalue weighted by atomic mass is 9.91. The molecule has 27 heavy (non-hydrogen) atoms. The summed E-state index contributed by atoms with van der Waals surface area (Å²) in [7, 11) is -1.54. The van der Waals surface area contributed by atoms with Gasteiger partial charge in [0.1, 0.15) is 4.90 Å². The first kappa shape index (κ1) is 20.2. The van der Waals surface area contributed by atoms with Crippen molar-refractivity contribution in [1.82, 2.24) is 19.5 Å². The van der Waals surface area contributed by atoms with Gasteiger partial charge in [0.2, 0.25) is 15.9 Å². The van der Waals surface area contributed by atoms with Gasteiger partial charge in [0.05, 0.1) is 0 Å². The second-order valence-electron chi connectivity index (χ2n) is 7.53. The zero-order chi connectivity index (χ0) is 19.3. The number of rotatable bonds is 6. The van der Waals surface area contributed by atoms with E-state index in [9.17, 15) is 13.2 Å². The molecule has 2 aliphatic rings. The number of amides is 1. The van der Waals surface area contributed by atoms with E-state index in [1.165, 1.54) is 16.9 Å². The number of nitrogens with one attached hydrogen (secondary N) is 1. The predicted molar refractivity (Wildman–Crippen MR) is 104 cm³/mol. The molecule has 3 heterocycles. The van der Waals surface area contributed by atoms with Gasteiger partial charge in [-0.25, -0.2) is 8.42 Å². The largest absolute Gasteiger partial charge is 0.342 e. The molecule has 2 saturated heterocycles. The summed E-state index contributed by atoms with van der Waals surface area (Å²) in [4.78, 5) is 19.0. The lowest BCUT2D eigenvalue weighted by molar-refractivity contribution is -0.138. The second kappa shape index (κ2) is 9.12. The highest BCUT2D eigenvalue weighted by Gasteiger charge is 2.34. The van der Waals surface area contributed by atoms with Gasteiger partial charge in [0, 0.05) is 44.5 Å². The Bertz CT molecular complexity index is 710. The first-order chi connectivity index (χ1) is 13.0. The summed E-state index contributed by atoms with van der Waals surface area (Å²) in [6.45, 7) is 3.49. The lowest BCUT2D eigenvalue weighted by Crippen LogP contribution is -2.46. The van der Waals surface area contributed by atoms with E-state index in [4.69, 9.17) is 0 Å². The van der Waals surface area contributed by atoms with Crippen LogP contribution in [0.5, 0.6) is 0 Å². The predicted octanol–water partition coefficient (Wildman–Crippen LogP) is 1.33. The zero-order valence-electron chi connectivity index (χ0n) is 16.0. The van der Waals surface area contributed by atoms with Crippen molar-refractivity contribution in [3.63, 3.8) is 0 Å². The fraction of sp³-hybridized carbons (Fsp3) is 0.684. The Morgan fingerprint density at radius 2 is 1.89 bits per heavy atom. The number of sulfonamides is 1. The summed E-state index contributed by atoms with van der Waals surface area (Å²) >= 11 is 0. The highest BCUT2D eigenvalue weighted by atomic mass is 32.2. The van der Waals surface area contributed by atoms with E-state index in [1.54, 1.807) is 18.3 Å². The SMILES string of the molecule is CNCCC1CCN(C(=O)C2CCN(S(=O)(=O)c3cccnc3)CC2)CC1. The summed E-state index contributed by atoms with van der Waals surface area (Å²) in [6, 6.07) is 3.20. The van der Waals surface area contributed by atoms with E-state index in [0.717, 1.165) is 32.5 Å². The molecule has 0 saturated carbocycles. The number of pyridine rings is 1. The van der Waals surface area contributed by atoms with Gasteiger partial charge in [-0.2, -0.15) is 4.31 Å². The third kappa shape index (κ3) is 4.86. The van der Waals surface area contributed by atoms with E-state index < -0.39 is 10.0 Å². The first-order valence-electron chi connectivity index (χ1n) is 9.86. The highest BCUT2D eigenvalue weighted by Crippen LogP contribution is 2.27. The zero-order valence-corrected chi connectivity index (χ0v) is 16.8. The average Bonchev–Trinajstić information content (AvgIpc) is 2.73. The van der Waals surface area contributed by atoms with Crippen LogP contribution in [0.4, 0.5) is 0 Å². The number of nitrogens with zero attached hydrogens (tertiary/aromatic N) is 3. The van der Waals surface area contributed by atoms with Crippen LogP contribution in [-0.2, 0) is 14.8 Å². The van der Waals surface area contributed by atoms with Crippen molar-refractivity contribution in [2.24, 2.45) is 11.8 Å². The van der Waals surface area contributed by atoms with Crippen LogP contribution in [-0.4, -0.2) is 68.3 Å². The third-order valence-electron chi connectivity index (χ3n) is 5.80. The Labute approximate surface area is 162 Å². The standard InChI is InChI=1S/C19H30N4O3S/c1-20-10-4-16-5-11-22(12-6-16)19(24)17-7-13-23(14-8-17)27(25,26)18-3-2-9-21-15-18/h2-3,9,15-17,20H,4-8,10-14H2,1H3. The smallest absolute Gasteiger partial charge is 0.244 e. The summed E-state index contributed by atoms with van der Waals surface area (Å²) in [6.07, 6.45) is 7.44. The Morgan fingerprint density at radius 3 is 2.48 bits per heavy atom. The van der Waals surface area contributed by atoms with Crippen LogP contribution in [0, 0.1) is 11.8 Å². The minimum Gasteiger partial charge on any atom is -0.342 e. The molecule has 0 unspecified atom stereocenters. The maximum atomic E-state index is 12.8. The molecule has 1 aromatic heterocycles. The van der Waals surface area contributed by atoms with Crippen molar-refractivity contribution in [3.05, 3.63) is 24.5 Å². The molecule has 1 N–H and O–H groups in total.